The maximum atomic E-state index is 13.3. The van der Waals surface area contributed by atoms with Crippen LogP contribution in [0.2, 0.25) is 5.02 Å². The number of fused-ring (bicyclic) bond motifs is 2. The number of alkyl halides is 3. The van der Waals surface area contributed by atoms with Gasteiger partial charge in [0.2, 0.25) is 0 Å². The zero-order valence-corrected chi connectivity index (χ0v) is 15.8. The summed E-state index contributed by atoms with van der Waals surface area (Å²) in [6.45, 7) is 1.64. The topological polar surface area (TPSA) is 48.3 Å². The molecule has 0 bridgehead atoms. The van der Waals surface area contributed by atoms with Crippen LogP contribution in [0.5, 0.6) is 11.5 Å². The summed E-state index contributed by atoms with van der Waals surface area (Å²) >= 11 is 5.77. The molecule has 3 heterocycles. The van der Waals surface area contributed by atoms with Crippen LogP contribution in [0.15, 0.2) is 36.4 Å². The lowest BCUT2D eigenvalue weighted by atomic mass is 10.0. The van der Waals surface area contributed by atoms with E-state index in [4.69, 9.17) is 21.1 Å². The van der Waals surface area contributed by atoms with Gasteiger partial charge in [0, 0.05) is 23.7 Å². The molecule has 2 aromatic carbocycles. The van der Waals surface area contributed by atoms with Crippen molar-refractivity contribution >= 4 is 17.4 Å². The van der Waals surface area contributed by atoms with Crippen LogP contribution in [0.25, 0.3) is 16.9 Å². The largest absolute Gasteiger partial charge is 0.486 e. The minimum absolute atomic E-state index is 0.331. The summed E-state index contributed by atoms with van der Waals surface area (Å²) in [5, 5.41) is 7.56. The third kappa shape index (κ3) is 3.07. The van der Waals surface area contributed by atoms with E-state index >= 15 is 0 Å². The van der Waals surface area contributed by atoms with Crippen molar-refractivity contribution in [3.05, 3.63) is 52.5 Å². The van der Waals surface area contributed by atoms with Gasteiger partial charge in [0.05, 0.1) is 22.0 Å². The van der Waals surface area contributed by atoms with Crippen molar-refractivity contribution < 1.29 is 22.6 Å². The highest BCUT2D eigenvalue weighted by Gasteiger charge is 2.34. The number of hydrogen-bond donors (Lipinski definition) is 1. The summed E-state index contributed by atoms with van der Waals surface area (Å²) in [6.07, 6.45) is -3.87. The van der Waals surface area contributed by atoms with Crippen molar-refractivity contribution in [1.82, 2.24) is 9.78 Å². The Kier molecular flexibility index (Phi) is 4.13. The van der Waals surface area contributed by atoms with Gasteiger partial charge in [-0.2, -0.15) is 18.3 Å². The molecule has 0 amide bonds. The van der Waals surface area contributed by atoms with E-state index in [0.717, 1.165) is 23.1 Å². The zero-order chi connectivity index (χ0) is 20.2. The molecule has 150 valence electrons. The summed E-state index contributed by atoms with van der Waals surface area (Å²) in [4.78, 5) is 0. The predicted molar refractivity (Wildman–Crippen MR) is 102 cm³/mol. The highest BCUT2D eigenvalue weighted by Crippen LogP contribution is 2.41. The second-order valence-corrected chi connectivity index (χ2v) is 7.19. The summed E-state index contributed by atoms with van der Waals surface area (Å²) in [7, 11) is 0. The smallest absolute Gasteiger partial charge is 0.417 e. The van der Waals surface area contributed by atoms with Gasteiger partial charge in [-0.1, -0.05) is 17.7 Å². The first-order valence-corrected chi connectivity index (χ1v) is 9.42. The number of nitrogens with one attached hydrogen (secondary N) is 1. The standard InChI is InChI=1S/C20H15ClF3N3O2/c21-15-3-1-11(9-14(15)20(22,23)24)18-13-5-6-25-19(13)27(26-18)12-2-4-16-17(10-12)29-8-7-28-16/h1-4,9-10,25H,5-8H2. The Morgan fingerprint density at radius 3 is 2.62 bits per heavy atom. The Morgan fingerprint density at radius 1 is 1.03 bits per heavy atom. The van der Waals surface area contributed by atoms with Gasteiger partial charge in [0.1, 0.15) is 19.0 Å². The lowest BCUT2D eigenvalue weighted by Crippen LogP contribution is -2.15. The Labute approximate surface area is 169 Å². The number of anilines is 1. The van der Waals surface area contributed by atoms with E-state index in [-0.39, 0.29) is 5.02 Å². The Morgan fingerprint density at radius 2 is 1.83 bits per heavy atom. The maximum absolute atomic E-state index is 13.3. The Hall–Kier alpha value is -2.87. The fraction of sp³-hybridized carbons (Fsp3) is 0.250. The fourth-order valence-electron chi connectivity index (χ4n) is 3.65. The van der Waals surface area contributed by atoms with Gasteiger partial charge in [-0.05, 0) is 30.7 Å². The van der Waals surface area contributed by atoms with Crippen molar-refractivity contribution in [3.63, 3.8) is 0 Å². The molecule has 29 heavy (non-hydrogen) atoms. The van der Waals surface area contributed by atoms with Crippen LogP contribution in [-0.2, 0) is 12.6 Å². The minimum Gasteiger partial charge on any atom is -0.486 e. The van der Waals surface area contributed by atoms with Gasteiger partial charge < -0.3 is 14.8 Å². The summed E-state index contributed by atoms with van der Waals surface area (Å²) in [6, 6.07) is 9.33. The molecule has 5 rings (SSSR count). The van der Waals surface area contributed by atoms with Gasteiger partial charge in [0.15, 0.2) is 11.5 Å². The van der Waals surface area contributed by atoms with Crippen LogP contribution >= 0.6 is 11.6 Å². The van der Waals surface area contributed by atoms with Crippen LogP contribution in [-0.4, -0.2) is 29.5 Å². The van der Waals surface area contributed by atoms with E-state index in [9.17, 15) is 13.2 Å². The summed E-state index contributed by atoms with van der Waals surface area (Å²) in [5.41, 5.74) is 1.61. The quantitative estimate of drug-likeness (QED) is 0.636. The fourth-order valence-corrected chi connectivity index (χ4v) is 3.87. The second-order valence-electron chi connectivity index (χ2n) is 6.78. The first-order chi connectivity index (χ1) is 13.9. The van der Waals surface area contributed by atoms with Crippen molar-refractivity contribution in [2.75, 3.05) is 25.1 Å². The number of rotatable bonds is 2. The van der Waals surface area contributed by atoms with Crippen LogP contribution in [0.3, 0.4) is 0 Å². The molecule has 0 atom stereocenters. The monoisotopic (exact) mass is 421 g/mol. The molecule has 0 saturated carbocycles. The average Bonchev–Trinajstić information content (AvgIpc) is 3.30. The number of halogens is 4. The number of ether oxygens (including phenoxy) is 2. The molecule has 5 nitrogen and oxygen atoms in total. The van der Waals surface area contributed by atoms with Gasteiger partial charge in [0.25, 0.3) is 0 Å². The maximum Gasteiger partial charge on any atom is 0.417 e. The van der Waals surface area contributed by atoms with Crippen molar-refractivity contribution in [1.29, 1.82) is 0 Å². The molecule has 1 N–H and O–H groups in total. The van der Waals surface area contributed by atoms with E-state index in [0.29, 0.717) is 48.9 Å². The first-order valence-electron chi connectivity index (χ1n) is 9.05. The van der Waals surface area contributed by atoms with Gasteiger partial charge in [-0.25, -0.2) is 4.68 Å². The Balaban J connectivity index is 1.63. The van der Waals surface area contributed by atoms with E-state index in [1.165, 1.54) is 6.07 Å². The van der Waals surface area contributed by atoms with E-state index in [2.05, 4.69) is 10.4 Å². The Bertz CT molecular complexity index is 1110. The van der Waals surface area contributed by atoms with Gasteiger partial charge in [-0.15, -0.1) is 0 Å². The zero-order valence-electron chi connectivity index (χ0n) is 15.0. The molecule has 0 unspecified atom stereocenters. The molecule has 2 aliphatic heterocycles. The number of hydrogen-bond acceptors (Lipinski definition) is 4. The normalized spacial score (nSPS) is 15.2. The molecule has 2 aliphatic rings. The van der Waals surface area contributed by atoms with Crippen LogP contribution in [0.1, 0.15) is 11.1 Å². The number of benzene rings is 2. The molecule has 0 fully saturated rings. The first kappa shape index (κ1) is 18.2. The molecule has 0 aliphatic carbocycles. The van der Waals surface area contributed by atoms with E-state index in [1.807, 2.05) is 12.1 Å². The minimum atomic E-state index is -4.53. The molecule has 9 heteroatoms. The SMILES string of the molecule is FC(F)(F)c1cc(-c2nn(-c3ccc4c(c3)OCCO4)c3c2CCN3)ccc1Cl. The van der Waals surface area contributed by atoms with Gasteiger partial charge in [-0.3, -0.25) is 0 Å². The molecular weight excluding hydrogens is 407 g/mol. The predicted octanol–water partition coefficient (Wildman–Crippen LogP) is 4.95. The molecule has 0 spiro atoms. The van der Waals surface area contributed by atoms with Crippen molar-refractivity contribution in [2.24, 2.45) is 0 Å². The molecule has 0 radical (unpaired) electrons. The molecule has 1 aromatic heterocycles. The molecular formula is C20H15ClF3N3O2. The average molecular weight is 422 g/mol. The summed E-state index contributed by atoms with van der Waals surface area (Å²) in [5.74, 6) is 2.04. The van der Waals surface area contributed by atoms with E-state index in [1.54, 1.807) is 16.8 Å². The van der Waals surface area contributed by atoms with Crippen molar-refractivity contribution in [3.8, 4) is 28.4 Å². The highest BCUT2D eigenvalue weighted by molar-refractivity contribution is 6.31. The van der Waals surface area contributed by atoms with Crippen molar-refractivity contribution in [2.45, 2.75) is 12.6 Å². The lowest BCUT2D eigenvalue weighted by molar-refractivity contribution is -0.137. The van der Waals surface area contributed by atoms with Crippen LogP contribution in [0.4, 0.5) is 19.0 Å². The van der Waals surface area contributed by atoms with Crippen LogP contribution < -0.4 is 14.8 Å². The van der Waals surface area contributed by atoms with Gasteiger partial charge >= 0.3 is 6.18 Å². The number of nitrogens with zero attached hydrogens (tertiary/aromatic N) is 2. The van der Waals surface area contributed by atoms with Crippen LogP contribution in [0, 0.1) is 0 Å². The third-order valence-corrected chi connectivity index (χ3v) is 5.30. The molecule has 0 saturated heterocycles. The van der Waals surface area contributed by atoms with E-state index < -0.39 is 11.7 Å². The third-order valence-electron chi connectivity index (χ3n) is 4.97. The highest BCUT2D eigenvalue weighted by atomic mass is 35.5. The molecule has 3 aromatic rings. The summed E-state index contributed by atoms with van der Waals surface area (Å²) < 4.78 is 52.8. The lowest BCUT2D eigenvalue weighted by Gasteiger charge is -2.19. The number of aromatic nitrogens is 2. The second kappa shape index (κ2) is 6.59.